The number of hydrogen-bond acceptors (Lipinski definition) is 5. The summed E-state index contributed by atoms with van der Waals surface area (Å²) in [5.74, 6) is 0. The standard InChI is InChI=1S/C8H10N3S3/c1-11-5-6(12-2)9-4-10-7(5)14-8(11)13-3/h4H,1-3H3/q+1. The van der Waals surface area contributed by atoms with Crippen LogP contribution in [0.5, 0.6) is 0 Å². The van der Waals surface area contributed by atoms with Gasteiger partial charge in [0.15, 0.2) is 9.86 Å². The molecule has 0 spiro atoms. The van der Waals surface area contributed by atoms with Crippen molar-refractivity contribution in [3.05, 3.63) is 6.33 Å². The van der Waals surface area contributed by atoms with Gasteiger partial charge in [0.2, 0.25) is 0 Å². The molecular weight excluding hydrogens is 234 g/mol. The van der Waals surface area contributed by atoms with Gasteiger partial charge in [-0.05, 0) is 35.6 Å². The maximum Gasteiger partial charge on any atom is 0.299 e. The lowest BCUT2D eigenvalue weighted by Gasteiger charge is -1.92. The molecule has 2 rings (SSSR count). The maximum absolute atomic E-state index is 4.28. The first-order chi connectivity index (χ1) is 6.77. The van der Waals surface area contributed by atoms with Crippen LogP contribution in [0.3, 0.4) is 0 Å². The highest BCUT2D eigenvalue weighted by molar-refractivity contribution is 8.00. The van der Waals surface area contributed by atoms with Crippen LogP contribution in [0.25, 0.3) is 10.3 Å². The zero-order chi connectivity index (χ0) is 10.1. The first-order valence-electron chi connectivity index (χ1n) is 3.99. The zero-order valence-electron chi connectivity index (χ0n) is 8.14. The van der Waals surface area contributed by atoms with Crippen molar-refractivity contribution in [1.82, 2.24) is 9.97 Å². The smallest absolute Gasteiger partial charge is 0.223 e. The fourth-order valence-corrected chi connectivity index (χ4v) is 3.68. The number of aromatic nitrogens is 3. The highest BCUT2D eigenvalue weighted by Crippen LogP contribution is 2.28. The summed E-state index contributed by atoms with van der Waals surface area (Å²) in [5.41, 5.74) is 1.15. The monoisotopic (exact) mass is 244 g/mol. The molecule has 2 aromatic rings. The molecule has 0 saturated carbocycles. The largest absolute Gasteiger partial charge is 0.299 e. The Morgan fingerprint density at radius 1 is 1.29 bits per heavy atom. The Kier molecular flexibility index (Phi) is 2.94. The van der Waals surface area contributed by atoms with Crippen molar-refractivity contribution in [3.63, 3.8) is 0 Å². The normalized spacial score (nSPS) is 11.1. The minimum Gasteiger partial charge on any atom is -0.223 e. The lowest BCUT2D eigenvalue weighted by Crippen LogP contribution is -2.28. The third-order valence-electron chi connectivity index (χ3n) is 1.92. The number of hydrogen-bond donors (Lipinski definition) is 0. The fourth-order valence-electron chi connectivity index (χ4n) is 1.28. The fraction of sp³-hybridized carbons (Fsp3) is 0.375. The van der Waals surface area contributed by atoms with Gasteiger partial charge >= 0.3 is 0 Å². The second kappa shape index (κ2) is 4.04. The zero-order valence-corrected chi connectivity index (χ0v) is 10.6. The van der Waals surface area contributed by atoms with E-state index in [1.54, 1.807) is 41.2 Å². The highest BCUT2D eigenvalue weighted by atomic mass is 32.2. The molecule has 0 N–H and O–H groups in total. The van der Waals surface area contributed by atoms with Crippen LogP contribution in [0.15, 0.2) is 15.7 Å². The molecular formula is C8H10N3S3+. The van der Waals surface area contributed by atoms with Gasteiger partial charge in [-0.2, -0.15) is 4.57 Å². The Hall–Kier alpha value is -0.330. The van der Waals surface area contributed by atoms with Crippen LogP contribution in [0, 0.1) is 0 Å². The van der Waals surface area contributed by atoms with Crippen molar-refractivity contribution in [2.75, 3.05) is 12.5 Å². The van der Waals surface area contributed by atoms with Crippen LogP contribution in [-0.2, 0) is 7.05 Å². The molecule has 0 aromatic carbocycles. The van der Waals surface area contributed by atoms with Crippen LogP contribution >= 0.6 is 34.9 Å². The molecule has 2 aromatic heterocycles. The number of rotatable bonds is 2. The van der Waals surface area contributed by atoms with E-state index in [9.17, 15) is 0 Å². The molecule has 2 heterocycles. The van der Waals surface area contributed by atoms with Crippen LogP contribution in [0.1, 0.15) is 0 Å². The van der Waals surface area contributed by atoms with Gasteiger partial charge < -0.3 is 0 Å². The lowest BCUT2D eigenvalue weighted by atomic mass is 10.6. The number of nitrogens with zero attached hydrogens (tertiary/aromatic N) is 3. The van der Waals surface area contributed by atoms with Gasteiger partial charge in [0.05, 0.1) is 0 Å². The average Bonchev–Trinajstić information content (AvgIpc) is 2.55. The van der Waals surface area contributed by atoms with Crippen molar-refractivity contribution in [1.29, 1.82) is 0 Å². The molecule has 3 nitrogen and oxygen atoms in total. The summed E-state index contributed by atoms with van der Waals surface area (Å²) in [6.45, 7) is 0. The summed E-state index contributed by atoms with van der Waals surface area (Å²) in [5, 5.41) is 1.05. The lowest BCUT2D eigenvalue weighted by molar-refractivity contribution is -0.678. The van der Waals surface area contributed by atoms with Crippen molar-refractivity contribution >= 4 is 45.2 Å². The average molecular weight is 244 g/mol. The van der Waals surface area contributed by atoms with E-state index in [-0.39, 0.29) is 0 Å². The van der Waals surface area contributed by atoms with Gasteiger partial charge in [0, 0.05) is 0 Å². The quantitative estimate of drug-likeness (QED) is 0.459. The number of thiazole rings is 1. The first-order valence-corrected chi connectivity index (χ1v) is 7.26. The summed E-state index contributed by atoms with van der Waals surface area (Å²) in [7, 11) is 2.06. The summed E-state index contributed by atoms with van der Waals surface area (Å²) in [4.78, 5) is 9.61. The molecule has 14 heavy (non-hydrogen) atoms. The number of fused-ring (bicyclic) bond motifs is 1. The van der Waals surface area contributed by atoms with Crippen molar-refractivity contribution in [3.8, 4) is 0 Å². The maximum atomic E-state index is 4.28. The second-order valence-electron chi connectivity index (χ2n) is 2.67. The molecule has 0 saturated heterocycles. The van der Waals surface area contributed by atoms with E-state index in [1.165, 1.54) is 4.34 Å². The topological polar surface area (TPSA) is 29.7 Å². The minimum atomic E-state index is 1.05. The molecule has 0 atom stereocenters. The Bertz CT molecular complexity index is 466. The van der Waals surface area contributed by atoms with Gasteiger partial charge in [-0.15, -0.1) is 11.8 Å². The SMILES string of the molecule is CSc1ncnc2sc(SC)[n+](C)c12. The summed E-state index contributed by atoms with van der Waals surface area (Å²) in [6.07, 6.45) is 5.75. The molecule has 6 heteroatoms. The molecule has 0 radical (unpaired) electrons. The van der Waals surface area contributed by atoms with Gasteiger partial charge in [-0.25, -0.2) is 9.97 Å². The highest BCUT2D eigenvalue weighted by Gasteiger charge is 2.21. The van der Waals surface area contributed by atoms with E-state index in [0.717, 1.165) is 15.4 Å². The van der Waals surface area contributed by atoms with Crippen molar-refractivity contribution in [2.45, 2.75) is 9.37 Å². The van der Waals surface area contributed by atoms with Gasteiger partial charge in [0.25, 0.3) is 9.86 Å². The van der Waals surface area contributed by atoms with E-state index in [2.05, 4.69) is 27.8 Å². The molecule has 0 unspecified atom stereocenters. The molecule has 0 aliphatic heterocycles. The van der Waals surface area contributed by atoms with E-state index >= 15 is 0 Å². The van der Waals surface area contributed by atoms with Crippen LogP contribution in [0.4, 0.5) is 0 Å². The van der Waals surface area contributed by atoms with Gasteiger partial charge in [0.1, 0.15) is 13.4 Å². The summed E-state index contributed by atoms with van der Waals surface area (Å²) in [6, 6.07) is 0. The minimum absolute atomic E-state index is 1.05. The van der Waals surface area contributed by atoms with Crippen LogP contribution < -0.4 is 4.57 Å². The van der Waals surface area contributed by atoms with Crippen molar-refractivity contribution < 1.29 is 4.57 Å². The molecule has 74 valence electrons. The van der Waals surface area contributed by atoms with Crippen LogP contribution in [-0.4, -0.2) is 22.5 Å². The van der Waals surface area contributed by atoms with Crippen LogP contribution in [0.2, 0.25) is 0 Å². The third kappa shape index (κ3) is 1.51. The van der Waals surface area contributed by atoms with Gasteiger partial charge in [-0.3, -0.25) is 0 Å². The van der Waals surface area contributed by atoms with E-state index in [1.807, 2.05) is 6.26 Å². The Morgan fingerprint density at radius 3 is 2.71 bits per heavy atom. The summed E-state index contributed by atoms with van der Waals surface area (Å²) >= 11 is 5.12. The second-order valence-corrected chi connectivity index (χ2v) is 5.49. The molecule has 0 aliphatic carbocycles. The molecule has 0 amide bonds. The Balaban J connectivity index is 2.79. The third-order valence-corrected chi connectivity index (χ3v) is 4.92. The number of thioether (sulfide) groups is 2. The van der Waals surface area contributed by atoms with E-state index in [0.29, 0.717) is 0 Å². The predicted octanol–water partition coefficient (Wildman–Crippen LogP) is 1.96. The number of aryl methyl sites for hydroxylation is 1. The summed E-state index contributed by atoms with van der Waals surface area (Å²) < 4.78 is 3.42. The molecule has 0 bridgehead atoms. The molecule has 0 aliphatic rings. The molecule has 0 fully saturated rings. The van der Waals surface area contributed by atoms with E-state index in [4.69, 9.17) is 0 Å². The Labute approximate surface area is 95.0 Å². The van der Waals surface area contributed by atoms with Gasteiger partial charge in [-0.1, -0.05) is 0 Å². The van der Waals surface area contributed by atoms with Crippen molar-refractivity contribution in [2.24, 2.45) is 7.05 Å². The predicted molar refractivity (Wildman–Crippen MR) is 62.2 cm³/mol. The van der Waals surface area contributed by atoms with E-state index < -0.39 is 0 Å². The first kappa shape index (κ1) is 10.2. The Morgan fingerprint density at radius 2 is 2.07 bits per heavy atom.